The fourth-order valence-electron chi connectivity index (χ4n) is 3.76. The molecule has 1 aromatic carbocycles. The smallest absolute Gasteiger partial charge is 0.324 e. The number of halogens is 1. The van der Waals surface area contributed by atoms with Crippen LogP contribution in [0.3, 0.4) is 0 Å². The van der Waals surface area contributed by atoms with Crippen LogP contribution in [0.15, 0.2) is 48.7 Å². The van der Waals surface area contributed by atoms with Gasteiger partial charge in [-0.1, -0.05) is 48.9 Å². The second-order valence-corrected chi connectivity index (χ2v) is 9.84. The Hall–Kier alpha value is -2.20. The Labute approximate surface area is 188 Å². The Balaban J connectivity index is 1.76. The third-order valence-electron chi connectivity index (χ3n) is 5.60. The van der Waals surface area contributed by atoms with E-state index in [1.807, 2.05) is 48.2 Å². The van der Waals surface area contributed by atoms with Gasteiger partial charge in [-0.05, 0) is 17.7 Å². The van der Waals surface area contributed by atoms with Crippen molar-refractivity contribution in [1.29, 1.82) is 0 Å². The number of hydrogen-bond acceptors (Lipinski definition) is 6. The zero-order chi connectivity index (χ0) is 22.6. The molecule has 31 heavy (non-hydrogen) atoms. The van der Waals surface area contributed by atoms with Crippen molar-refractivity contribution in [2.45, 2.75) is 18.9 Å². The van der Waals surface area contributed by atoms with Crippen molar-refractivity contribution in [1.82, 2.24) is 13.6 Å². The number of pyridine rings is 1. The van der Waals surface area contributed by atoms with Gasteiger partial charge in [0.2, 0.25) is 0 Å². The van der Waals surface area contributed by atoms with E-state index in [0.717, 1.165) is 15.7 Å². The first-order chi connectivity index (χ1) is 14.8. The van der Waals surface area contributed by atoms with Gasteiger partial charge in [0, 0.05) is 45.3 Å². The van der Waals surface area contributed by atoms with Crippen LogP contribution in [0.5, 0.6) is 0 Å². The molecule has 2 unspecified atom stereocenters. The van der Waals surface area contributed by atoms with Crippen molar-refractivity contribution in [3.05, 3.63) is 59.2 Å². The molecule has 10 heteroatoms. The van der Waals surface area contributed by atoms with E-state index in [2.05, 4.69) is 4.98 Å². The van der Waals surface area contributed by atoms with Gasteiger partial charge in [0.1, 0.15) is 11.9 Å². The van der Waals surface area contributed by atoms with Gasteiger partial charge in [-0.3, -0.25) is 4.79 Å². The minimum Gasteiger partial charge on any atom is -0.468 e. The first kappa shape index (κ1) is 23.5. The highest BCUT2D eigenvalue weighted by molar-refractivity contribution is 7.86. The minimum absolute atomic E-state index is 0.282. The number of likely N-dealkylation sites (N-methyl/N-ethyl adjacent to an activating group) is 1. The molecule has 1 aromatic heterocycles. The summed E-state index contributed by atoms with van der Waals surface area (Å²) >= 11 is 5.89. The Morgan fingerprint density at radius 1 is 1.13 bits per heavy atom. The van der Waals surface area contributed by atoms with Crippen LogP contribution in [0.25, 0.3) is 0 Å². The van der Waals surface area contributed by atoms with Gasteiger partial charge in [0.15, 0.2) is 0 Å². The summed E-state index contributed by atoms with van der Waals surface area (Å²) in [6, 6.07) is 11.9. The molecule has 0 radical (unpaired) electrons. The number of benzene rings is 1. The monoisotopic (exact) mass is 466 g/mol. The second kappa shape index (κ2) is 9.95. The van der Waals surface area contributed by atoms with Crippen LogP contribution in [0.4, 0.5) is 5.82 Å². The molecule has 0 amide bonds. The number of nitrogens with zero attached hydrogens (tertiary/aromatic N) is 4. The van der Waals surface area contributed by atoms with Crippen molar-refractivity contribution < 1.29 is 17.9 Å². The van der Waals surface area contributed by atoms with Crippen LogP contribution in [0, 0.1) is 0 Å². The van der Waals surface area contributed by atoms with E-state index < -0.39 is 22.2 Å². The maximum atomic E-state index is 13.4. The molecule has 3 rings (SSSR count). The molecule has 8 nitrogen and oxygen atoms in total. The van der Waals surface area contributed by atoms with Crippen LogP contribution >= 0.6 is 11.6 Å². The van der Waals surface area contributed by atoms with Gasteiger partial charge >= 0.3 is 5.97 Å². The van der Waals surface area contributed by atoms with Crippen LogP contribution < -0.4 is 4.90 Å². The number of carbonyl (C=O) groups is 1. The van der Waals surface area contributed by atoms with Crippen LogP contribution in [-0.4, -0.2) is 74.4 Å². The van der Waals surface area contributed by atoms with Crippen molar-refractivity contribution in [2.24, 2.45) is 0 Å². The lowest BCUT2D eigenvalue weighted by Crippen LogP contribution is -2.56. The average Bonchev–Trinajstić information content (AvgIpc) is 2.80. The lowest BCUT2D eigenvalue weighted by Gasteiger charge is -2.38. The normalized spacial score (nSPS) is 17.4. The number of anilines is 1. The Morgan fingerprint density at radius 3 is 2.32 bits per heavy atom. The molecule has 2 heterocycles. The van der Waals surface area contributed by atoms with E-state index in [1.165, 1.54) is 18.5 Å². The quantitative estimate of drug-likeness (QED) is 0.582. The summed E-state index contributed by atoms with van der Waals surface area (Å²) < 4.78 is 34.2. The number of aromatic nitrogens is 1. The molecule has 1 saturated heterocycles. The molecule has 0 aliphatic carbocycles. The zero-order valence-corrected chi connectivity index (χ0v) is 19.4. The standard InChI is InChI=1S/C21H27ClN4O4S/c1-16(17-7-5-4-6-8-17)20(21(27)30-3)24(2)31(28,29)26-13-11-25(12-14-26)19-10-9-18(22)15-23-19/h4-10,15-16,20H,11-14H2,1-3H3. The lowest BCUT2D eigenvalue weighted by molar-refractivity contribution is -0.145. The Bertz CT molecular complexity index is 980. The van der Waals surface area contributed by atoms with Crippen molar-refractivity contribution >= 4 is 33.6 Å². The lowest BCUT2D eigenvalue weighted by atomic mass is 9.93. The minimum atomic E-state index is -3.88. The van der Waals surface area contributed by atoms with E-state index in [0.29, 0.717) is 18.1 Å². The number of esters is 1. The maximum Gasteiger partial charge on any atom is 0.324 e. The van der Waals surface area contributed by atoms with Gasteiger partial charge in [-0.15, -0.1) is 0 Å². The predicted octanol–water partition coefficient (Wildman–Crippen LogP) is 2.38. The number of hydrogen-bond donors (Lipinski definition) is 0. The topological polar surface area (TPSA) is 83.0 Å². The fraction of sp³-hybridized carbons (Fsp3) is 0.429. The summed E-state index contributed by atoms with van der Waals surface area (Å²) in [4.78, 5) is 18.9. The average molecular weight is 467 g/mol. The van der Waals surface area contributed by atoms with E-state index in [1.54, 1.807) is 12.3 Å². The molecule has 0 saturated carbocycles. The maximum absolute atomic E-state index is 13.4. The molecule has 0 N–H and O–H groups in total. The molecule has 2 atom stereocenters. The van der Waals surface area contributed by atoms with Crippen molar-refractivity contribution in [2.75, 3.05) is 45.2 Å². The first-order valence-corrected chi connectivity index (χ1v) is 11.8. The Morgan fingerprint density at radius 2 is 1.77 bits per heavy atom. The van der Waals surface area contributed by atoms with E-state index in [9.17, 15) is 13.2 Å². The molecule has 1 aliphatic heterocycles. The zero-order valence-electron chi connectivity index (χ0n) is 17.8. The number of rotatable bonds is 7. The number of ether oxygens (including phenoxy) is 1. The van der Waals surface area contributed by atoms with Crippen molar-refractivity contribution in [3.63, 3.8) is 0 Å². The SMILES string of the molecule is COC(=O)C(C(C)c1ccccc1)N(C)S(=O)(=O)N1CCN(c2ccc(Cl)cn2)CC1. The summed E-state index contributed by atoms with van der Waals surface area (Å²) in [5.41, 5.74) is 0.860. The van der Waals surface area contributed by atoms with E-state index in [-0.39, 0.29) is 19.0 Å². The summed E-state index contributed by atoms with van der Waals surface area (Å²) in [5, 5.41) is 0.549. The van der Waals surface area contributed by atoms with Gasteiger partial charge in [-0.25, -0.2) is 4.98 Å². The largest absolute Gasteiger partial charge is 0.468 e. The molecule has 0 bridgehead atoms. The number of methoxy groups -OCH3 is 1. The molecule has 168 valence electrons. The second-order valence-electron chi connectivity index (χ2n) is 7.41. The van der Waals surface area contributed by atoms with Crippen LogP contribution in [0.1, 0.15) is 18.4 Å². The highest BCUT2D eigenvalue weighted by atomic mass is 35.5. The molecule has 1 aliphatic rings. The molecular weight excluding hydrogens is 440 g/mol. The molecule has 0 spiro atoms. The summed E-state index contributed by atoms with van der Waals surface area (Å²) in [5.74, 6) is -0.223. The fourth-order valence-corrected chi connectivity index (χ4v) is 5.41. The predicted molar refractivity (Wildman–Crippen MR) is 120 cm³/mol. The summed E-state index contributed by atoms with van der Waals surface area (Å²) in [7, 11) is -1.18. The van der Waals surface area contributed by atoms with Gasteiger partial charge in [0.25, 0.3) is 10.2 Å². The van der Waals surface area contributed by atoms with Gasteiger partial charge in [-0.2, -0.15) is 17.0 Å². The number of carbonyl (C=O) groups excluding carboxylic acids is 1. The van der Waals surface area contributed by atoms with E-state index in [4.69, 9.17) is 16.3 Å². The van der Waals surface area contributed by atoms with Crippen molar-refractivity contribution in [3.8, 4) is 0 Å². The van der Waals surface area contributed by atoms with Crippen LogP contribution in [-0.2, 0) is 19.7 Å². The van der Waals surface area contributed by atoms with E-state index >= 15 is 0 Å². The molecular formula is C21H27ClN4O4S. The first-order valence-electron chi connectivity index (χ1n) is 9.98. The number of piperazine rings is 1. The third-order valence-corrected chi connectivity index (χ3v) is 7.79. The van der Waals surface area contributed by atoms with Gasteiger partial charge in [0.05, 0.1) is 12.1 Å². The van der Waals surface area contributed by atoms with Gasteiger partial charge < -0.3 is 9.64 Å². The highest BCUT2D eigenvalue weighted by Crippen LogP contribution is 2.27. The molecule has 2 aromatic rings. The van der Waals surface area contributed by atoms with Crippen LogP contribution in [0.2, 0.25) is 5.02 Å². The Kier molecular flexibility index (Phi) is 7.53. The highest BCUT2D eigenvalue weighted by Gasteiger charge is 2.41. The summed E-state index contributed by atoms with van der Waals surface area (Å²) in [6.45, 7) is 3.36. The third kappa shape index (κ3) is 5.17. The molecule has 1 fully saturated rings. The summed E-state index contributed by atoms with van der Waals surface area (Å²) in [6.07, 6.45) is 1.57.